The van der Waals surface area contributed by atoms with Crippen LogP contribution >= 0.6 is 0 Å². The Morgan fingerprint density at radius 1 is 1.17 bits per heavy atom. The first kappa shape index (κ1) is 17.7. The molecule has 0 spiro atoms. The zero-order valence-corrected chi connectivity index (χ0v) is 15.9. The van der Waals surface area contributed by atoms with Gasteiger partial charge in [-0.3, -0.25) is 9.69 Å². The summed E-state index contributed by atoms with van der Waals surface area (Å²) in [5.41, 5.74) is 4.48. The third kappa shape index (κ3) is 3.54. The van der Waals surface area contributed by atoms with Gasteiger partial charge in [-0.2, -0.15) is 0 Å². The first-order valence-corrected chi connectivity index (χ1v) is 9.71. The average molecular weight is 387 g/mol. The second-order valence-electron chi connectivity index (χ2n) is 7.48. The lowest BCUT2D eigenvalue weighted by atomic mass is 10.0. The van der Waals surface area contributed by atoms with Crippen molar-refractivity contribution < 1.29 is 9.84 Å². The minimum atomic E-state index is -0.0669. The molecule has 0 atom stereocenters. The maximum Gasteiger partial charge on any atom is 0.255 e. The van der Waals surface area contributed by atoms with Gasteiger partial charge in [-0.05, 0) is 29.8 Å². The number of rotatable bonds is 3. The number of aromatic amines is 1. The van der Waals surface area contributed by atoms with Gasteiger partial charge in [0.15, 0.2) is 0 Å². The van der Waals surface area contributed by atoms with E-state index >= 15 is 0 Å². The number of hydrogen-bond acceptors (Lipinski definition) is 5. The van der Waals surface area contributed by atoms with Crippen LogP contribution in [-0.2, 0) is 13.0 Å². The molecule has 2 aliphatic rings. The number of nitrogens with one attached hydrogen (secondary N) is 1. The molecule has 0 radical (unpaired) electrons. The number of ether oxygens (including phenoxy) is 1. The molecule has 0 aliphatic carbocycles. The van der Waals surface area contributed by atoms with Gasteiger partial charge in [0.1, 0.15) is 23.9 Å². The summed E-state index contributed by atoms with van der Waals surface area (Å²) in [6.45, 7) is 2.63. The summed E-state index contributed by atoms with van der Waals surface area (Å²) in [6.07, 6.45) is 2.81. The molecule has 3 aromatic rings. The molecule has 2 N–H and O–H groups in total. The van der Waals surface area contributed by atoms with Gasteiger partial charge in [0, 0.05) is 37.2 Å². The second-order valence-corrected chi connectivity index (χ2v) is 7.48. The second kappa shape index (κ2) is 7.22. The van der Waals surface area contributed by atoms with Crippen LogP contribution in [0, 0.1) is 0 Å². The van der Waals surface area contributed by atoms with E-state index in [0.29, 0.717) is 25.5 Å². The Bertz CT molecular complexity index is 1150. The van der Waals surface area contributed by atoms with Crippen molar-refractivity contribution in [2.45, 2.75) is 13.0 Å². The minimum absolute atomic E-state index is 0.0669. The number of fused-ring (bicyclic) bond motifs is 2. The highest BCUT2D eigenvalue weighted by molar-refractivity contribution is 5.64. The van der Waals surface area contributed by atoms with E-state index in [1.165, 1.54) is 0 Å². The Morgan fingerprint density at radius 2 is 2.03 bits per heavy atom. The number of phenolic OH excluding ortho intramolecular Hbond substituents is 1. The minimum Gasteiger partial charge on any atom is -0.508 e. The van der Waals surface area contributed by atoms with Crippen LogP contribution in [0.4, 0.5) is 0 Å². The quantitative estimate of drug-likeness (QED) is 0.722. The van der Waals surface area contributed by atoms with Crippen LogP contribution in [0.1, 0.15) is 16.8 Å². The van der Waals surface area contributed by atoms with E-state index in [1.807, 2.05) is 30.3 Å². The normalized spacial score (nSPS) is 15.8. The molecule has 146 valence electrons. The summed E-state index contributed by atoms with van der Waals surface area (Å²) in [6, 6.07) is 14.8. The third-order valence-corrected chi connectivity index (χ3v) is 5.39. The van der Waals surface area contributed by atoms with Crippen LogP contribution < -0.4 is 10.3 Å². The van der Waals surface area contributed by atoms with E-state index in [4.69, 9.17) is 9.72 Å². The van der Waals surface area contributed by atoms with Gasteiger partial charge >= 0.3 is 0 Å². The Morgan fingerprint density at radius 3 is 2.90 bits per heavy atom. The molecule has 1 aromatic heterocycles. The first-order valence-electron chi connectivity index (χ1n) is 9.71. The lowest BCUT2D eigenvalue weighted by Crippen LogP contribution is -2.37. The summed E-state index contributed by atoms with van der Waals surface area (Å²) in [5, 5.41) is 9.70. The highest BCUT2D eigenvalue weighted by atomic mass is 16.5. The zero-order valence-electron chi connectivity index (χ0n) is 15.9. The Hall–Kier alpha value is -3.38. The third-order valence-electron chi connectivity index (χ3n) is 5.39. The molecule has 5 rings (SSSR count). The fourth-order valence-electron chi connectivity index (χ4n) is 3.94. The van der Waals surface area contributed by atoms with Crippen molar-refractivity contribution >= 4 is 6.08 Å². The molecule has 6 nitrogen and oxygen atoms in total. The van der Waals surface area contributed by atoms with Crippen LogP contribution in [0.3, 0.4) is 0 Å². The van der Waals surface area contributed by atoms with Gasteiger partial charge in [0.25, 0.3) is 5.56 Å². The van der Waals surface area contributed by atoms with Crippen LogP contribution in [0.2, 0.25) is 0 Å². The van der Waals surface area contributed by atoms with Crippen LogP contribution in [0.5, 0.6) is 11.5 Å². The highest BCUT2D eigenvalue weighted by Gasteiger charge is 2.23. The van der Waals surface area contributed by atoms with E-state index in [1.54, 1.807) is 18.2 Å². The molecule has 0 saturated heterocycles. The number of benzene rings is 2. The Labute approximate surface area is 168 Å². The van der Waals surface area contributed by atoms with Crippen LogP contribution in [0.15, 0.2) is 58.9 Å². The van der Waals surface area contributed by atoms with Crippen molar-refractivity contribution in [1.82, 2.24) is 14.9 Å². The maximum absolute atomic E-state index is 12.7. The summed E-state index contributed by atoms with van der Waals surface area (Å²) >= 11 is 0. The van der Waals surface area contributed by atoms with Crippen molar-refractivity contribution in [2.75, 3.05) is 19.7 Å². The molecule has 2 aliphatic heterocycles. The molecular formula is C23H21N3O3. The smallest absolute Gasteiger partial charge is 0.255 e. The van der Waals surface area contributed by atoms with Crippen molar-refractivity contribution in [2.24, 2.45) is 0 Å². The molecular weight excluding hydrogens is 366 g/mol. The number of nitrogens with zero attached hydrogens (tertiary/aromatic N) is 2. The number of hydrogen-bond donors (Lipinski definition) is 2. The molecule has 0 unspecified atom stereocenters. The van der Waals surface area contributed by atoms with Gasteiger partial charge in [-0.25, -0.2) is 4.98 Å². The van der Waals surface area contributed by atoms with Gasteiger partial charge < -0.3 is 14.8 Å². The predicted octanol–water partition coefficient (Wildman–Crippen LogP) is 2.98. The van der Waals surface area contributed by atoms with Crippen molar-refractivity contribution in [3.8, 4) is 22.9 Å². The monoisotopic (exact) mass is 387 g/mol. The SMILES string of the molecule is O=c1[nH]c(-c2ccccc2)nc2c1CN(CC1=Cc3cc(O)ccc3OC1)CC2. The fraction of sp³-hybridized carbons (Fsp3) is 0.217. The van der Waals surface area contributed by atoms with Gasteiger partial charge in [-0.1, -0.05) is 30.3 Å². The molecule has 2 aromatic carbocycles. The number of phenols is 1. The zero-order chi connectivity index (χ0) is 19.8. The summed E-state index contributed by atoms with van der Waals surface area (Å²) < 4.78 is 5.80. The van der Waals surface area contributed by atoms with Crippen molar-refractivity contribution in [1.29, 1.82) is 0 Å². The Balaban J connectivity index is 1.36. The van der Waals surface area contributed by atoms with E-state index in [9.17, 15) is 9.90 Å². The van der Waals surface area contributed by atoms with Gasteiger partial charge in [0.2, 0.25) is 0 Å². The molecule has 29 heavy (non-hydrogen) atoms. The van der Waals surface area contributed by atoms with Crippen LogP contribution in [0.25, 0.3) is 17.5 Å². The summed E-state index contributed by atoms with van der Waals surface area (Å²) in [5.74, 6) is 1.64. The molecule has 0 bridgehead atoms. The molecule has 3 heterocycles. The van der Waals surface area contributed by atoms with Gasteiger partial charge in [-0.15, -0.1) is 0 Å². The van der Waals surface area contributed by atoms with E-state index in [2.05, 4.69) is 16.0 Å². The molecule has 0 saturated carbocycles. The van der Waals surface area contributed by atoms with Crippen LogP contribution in [-0.4, -0.2) is 39.7 Å². The predicted molar refractivity (Wildman–Crippen MR) is 111 cm³/mol. The van der Waals surface area contributed by atoms with Crippen molar-refractivity contribution in [3.05, 3.63) is 81.3 Å². The molecule has 6 heteroatoms. The van der Waals surface area contributed by atoms with E-state index in [-0.39, 0.29) is 11.3 Å². The molecule has 0 amide bonds. The number of aromatic nitrogens is 2. The highest BCUT2D eigenvalue weighted by Crippen LogP contribution is 2.30. The number of H-pyrrole nitrogens is 1. The van der Waals surface area contributed by atoms with Crippen molar-refractivity contribution in [3.63, 3.8) is 0 Å². The standard InChI is InChI=1S/C23H21N3O3/c27-18-6-7-21-17(11-18)10-15(14-29-21)12-26-9-8-20-19(13-26)23(28)25-22(24-20)16-4-2-1-3-5-16/h1-7,10-11,27H,8-9,12-14H2,(H,24,25,28). The number of aromatic hydroxyl groups is 1. The maximum atomic E-state index is 12.7. The van der Waals surface area contributed by atoms with E-state index < -0.39 is 0 Å². The topological polar surface area (TPSA) is 78.5 Å². The van der Waals surface area contributed by atoms with E-state index in [0.717, 1.165) is 46.7 Å². The lowest BCUT2D eigenvalue weighted by molar-refractivity contribution is 0.254. The average Bonchev–Trinajstić information content (AvgIpc) is 2.74. The Kier molecular flexibility index (Phi) is 4.41. The molecule has 0 fully saturated rings. The lowest BCUT2D eigenvalue weighted by Gasteiger charge is -2.29. The summed E-state index contributed by atoms with van der Waals surface area (Å²) in [7, 11) is 0. The largest absolute Gasteiger partial charge is 0.508 e. The first-order chi connectivity index (χ1) is 14.2. The fourth-order valence-corrected chi connectivity index (χ4v) is 3.94. The van der Waals surface area contributed by atoms with Gasteiger partial charge in [0.05, 0.1) is 11.3 Å². The summed E-state index contributed by atoms with van der Waals surface area (Å²) in [4.78, 5) is 22.6.